The summed E-state index contributed by atoms with van der Waals surface area (Å²) in [6.07, 6.45) is 2.20. The number of aromatic nitrogens is 2. The highest BCUT2D eigenvalue weighted by molar-refractivity contribution is 6.29. The third kappa shape index (κ3) is 2.66. The first-order valence-corrected chi connectivity index (χ1v) is 5.06. The lowest BCUT2D eigenvalue weighted by molar-refractivity contribution is 0.618. The molecule has 0 aliphatic heterocycles. The van der Waals surface area contributed by atoms with E-state index in [0.717, 1.165) is 24.4 Å². The van der Waals surface area contributed by atoms with Crippen molar-refractivity contribution in [2.75, 3.05) is 0 Å². The molecule has 1 heterocycles. The van der Waals surface area contributed by atoms with Gasteiger partial charge in [-0.05, 0) is 25.8 Å². The molecule has 0 radical (unpaired) electrons. The van der Waals surface area contributed by atoms with E-state index in [4.69, 9.17) is 11.6 Å². The van der Waals surface area contributed by atoms with Crippen molar-refractivity contribution in [1.82, 2.24) is 9.97 Å². The largest absolute Gasteiger partial charge is 0.238 e. The van der Waals surface area contributed by atoms with Gasteiger partial charge < -0.3 is 0 Å². The zero-order valence-electron chi connectivity index (χ0n) is 8.34. The minimum absolute atomic E-state index is 0.513. The van der Waals surface area contributed by atoms with Crippen LogP contribution in [0.4, 0.5) is 0 Å². The summed E-state index contributed by atoms with van der Waals surface area (Å²) in [5.74, 6) is 1.27. The summed E-state index contributed by atoms with van der Waals surface area (Å²) in [4.78, 5) is 8.42. The monoisotopic (exact) mass is 198 g/mol. The maximum Gasteiger partial charge on any atom is 0.133 e. The predicted molar refractivity (Wildman–Crippen MR) is 55.1 cm³/mol. The Labute approximate surface area is 84.4 Å². The zero-order valence-corrected chi connectivity index (χ0v) is 9.10. The van der Waals surface area contributed by atoms with Crippen LogP contribution in [-0.4, -0.2) is 9.97 Å². The number of hydrogen-bond acceptors (Lipinski definition) is 2. The molecule has 0 spiro atoms. The molecular weight excluding hydrogens is 184 g/mol. The quantitative estimate of drug-likeness (QED) is 0.697. The summed E-state index contributed by atoms with van der Waals surface area (Å²) in [7, 11) is 0. The van der Waals surface area contributed by atoms with Crippen LogP contribution in [0.25, 0.3) is 0 Å². The standard InChI is InChI=1S/C10H15ClN2/c1-4-8(5-2)9-6-10(11)13-7(3)12-9/h6,8H,4-5H2,1-3H3. The number of rotatable bonds is 3. The van der Waals surface area contributed by atoms with Crippen molar-refractivity contribution in [3.05, 3.63) is 22.7 Å². The Bertz CT molecular complexity index is 262. The van der Waals surface area contributed by atoms with Gasteiger partial charge in [0.25, 0.3) is 0 Å². The van der Waals surface area contributed by atoms with Crippen LogP contribution in [0.5, 0.6) is 0 Å². The topological polar surface area (TPSA) is 25.8 Å². The minimum Gasteiger partial charge on any atom is -0.238 e. The van der Waals surface area contributed by atoms with E-state index in [0.29, 0.717) is 11.1 Å². The maximum atomic E-state index is 5.86. The summed E-state index contributed by atoms with van der Waals surface area (Å²) < 4.78 is 0. The molecule has 0 aromatic carbocycles. The van der Waals surface area contributed by atoms with Gasteiger partial charge in [0.2, 0.25) is 0 Å². The van der Waals surface area contributed by atoms with Crippen LogP contribution < -0.4 is 0 Å². The molecule has 0 saturated carbocycles. The van der Waals surface area contributed by atoms with E-state index in [9.17, 15) is 0 Å². The zero-order chi connectivity index (χ0) is 9.84. The molecule has 0 saturated heterocycles. The molecule has 3 heteroatoms. The fraction of sp³-hybridized carbons (Fsp3) is 0.600. The van der Waals surface area contributed by atoms with Gasteiger partial charge in [-0.3, -0.25) is 0 Å². The summed E-state index contributed by atoms with van der Waals surface area (Å²) in [6.45, 7) is 6.21. The highest BCUT2D eigenvalue weighted by atomic mass is 35.5. The van der Waals surface area contributed by atoms with Crippen LogP contribution in [0.2, 0.25) is 5.15 Å². The number of aryl methyl sites for hydroxylation is 1. The molecular formula is C10H15ClN2. The van der Waals surface area contributed by atoms with Crippen LogP contribution >= 0.6 is 11.6 Å². The molecule has 1 aromatic heterocycles. The lowest BCUT2D eigenvalue weighted by atomic mass is 9.99. The number of halogens is 1. The first-order valence-electron chi connectivity index (χ1n) is 4.68. The maximum absolute atomic E-state index is 5.86. The second-order valence-electron chi connectivity index (χ2n) is 3.18. The summed E-state index contributed by atoms with van der Waals surface area (Å²) in [6, 6.07) is 1.87. The number of nitrogens with zero attached hydrogens (tertiary/aromatic N) is 2. The molecule has 2 nitrogen and oxygen atoms in total. The highest BCUT2D eigenvalue weighted by Gasteiger charge is 2.09. The smallest absolute Gasteiger partial charge is 0.133 e. The van der Waals surface area contributed by atoms with Gasteiger partial charge in [0, 0.05) is 11.6 Å². The molecule has 0 bridgehead atoms. The first-order chi connectivity index (χ1) is 6.17. The Morgan fingerprint density at radius 3 is 2.38 bits per heavy atom. The molecule has 0 atom stereocenters. The predicted octanol–water partition coefficient (Wildman–Crippen LogP) is 3.34. The van der Waals surface area contributed by atoms with Gasteiger partial charge in [-0.25, -0.2) is 9.97 Å². The third-order valence-electron chi connectivity index (χ3n) is 2.23. The minimum atomic E-state index is 0.513. The van der Waals surface area contributed by atoms with E-state index in [1.165, 1.54) is 0 Å². The van der Waals surface area contributed by atoms with E-state index in [2.05, 4.69) is 23.8 Å². The Morgan fingerprint density at radius 1 is 1.31 bits per heavy atom. The summed E-state index contributed by atoms with van der Waals surface area (Å²) in [5, 5.41) is 0.550. The molecule has 72 valence electrons. The van der Waals surface area contributed by atoms with Crippen molar-refractivity contribution in [3.63, 3.8) is 0 Å². The van der Waals surface area contributed by atoms with E-state index >= 15 is 0 Å². The van der Waals surface area contributed by atoms with E-state index < -0.39 is 0 Å². The van der Waals surface area contributed by atoms with Crippen LogP contribution in [0.15, 0.2) is 6.07 Å². The molecule has 0 N–H and O–H groups in total. The molecule has 0 amide bonds. The van der Waals surface area contributed by atoms with Crippen molar-refractivity contribution in [1.29, 1.82) is 0 Å². The normalized spacial score (nSPS) is 10.8. The molecule has 0 aliphatic rings. The van der Waals surface area contributed by atoms with Crippen LogP contribution in [0.1, 0.15) is 44.1 Å². The Morgan fingerprint density at radius 2 is 1.92 bits per heavy atom. The first kappa shape index (κ1) is 10.5. The van der Waals surface area contributed by atoms with Gasteiger partial charge in [0.15, 0.2) is 0 Å². The second-order valence-corrected chi connectivity index (χ2v) is 3.56. The van der Waals surface area contributed by atoms with Gasteiger partial charge >= 0.3 is 0 Å². The van der Waals surface area contributed by atoms with Gasteiger partial charge in [-0.2, -0.15) is 0 Å². The fourth-order valence-corrected chi connectivity index (χ4v) is 1.70. The fourth-order valence-electron chi connectivity index (χ4n) is 1.47. The van der Waals surface area contributed by atoms with Crippen LogP contribution in [0.3, 0.4) is 0 Å². The molecule has 0 unspecified atom stereocenters. The van der Waals surface area contributed by atoms with Crippen LogP contribution in [-0.2, 0) is 0 Å². The molecule has 1 rings (SSSR count). The summed E-state index contributed by atoms with van der Waals surface area (Å²) in [5.41, 5.74) is 1.07. The lowest BCUT2D eigenvalue weighted by Gasteiger charge is -2.11. The van der Waals surface area contributed by atoms with Crippen LogP contribution in [0, 0.1) is 6.92 Å². The SMILES string of the molecule is CCC(CC)c1cc(Cl)nc(C)n1. The Balaban J connectivity index is 2.99. The highest BCUT2D eigenvalue weighted by Crippen LogP contribution is 2.22. The second kappa shape index (κ2) is 4.56. The average Bonchev–Trinajstić information content (AvgIpc) is 2.04. The van der Waals surface area contributed by atoms with Gasteiger partial charge in [0.05, 0.1) is 0 Å². The summed E-state index contributed by atoms with van der Waals surface area (Å²) >= 11 is 5.86. The lowest BCUT2D eigenvalue weighted by Crippen LogP contribution is -2.01. The number of hydrogen-bond donors (Lipinski definition) is 0. The van der Waals surface area contributed by atoms with Crippen molar-refractivity contribution in [2.45, 2.75) is 39.5 Å². The van der Waals surface area contributed by atoms with Gasteiger partial charge in [-0.1, -0.05) is 25.4 Å². The Hall–Kier alpha value is -0.630. The van der Waals surface area contributed by atoms with E-state index in [1.54, 1.807) is 0 Å². The van der Waals surface area contributed by atoms with Crippen molar-refractivity contribution >= 4 is 11.6 Å². The van der Waals surface area contributed by atoms with E-state index in [-0.39, 0.29) is 0 Å². The van der Waals surface area contributed by atoms with Crippen molar-refractivity contribution in [2.24, 2.45) is 0 Å². The van der Waals surface area contributed by atoms with E-state index in [1.807, 2.05) is 13.0 Å². The Kier molecular flexibility index (Phi) is 3.67. The average molecular weight is 199 g/mol. The van der Waals surface area contributed by atoms with Crippen molar-refractivity contribution in [3.8, 4) is 0 Å². The van der Waals surface area contributed by atoms with Gasteiger partial charge in [0.1, 0.15) is 11.0 Å². The third-order valence-corrected chi connectivity index (χ3v) is 2.42. The molecule has 13 heavy (non-hydrogen) atoms. The molecule has 0 aliphatic carbocycles. The van der Waals surface area contributed by atoms with Gasteiger partial charge in [-0.15, -0.1) is 0 Å². The molecule has 1 aromatic rings. The molecule has 0 fully saturated rings. The van der Waals surface area contributed by atoms with Crippen molar-refractivity contribution < 1.29 is 0 Å².